The van der Waals surface area contributed by atoms with Crippen molar-refractivity contribution in [2.45, 2.75) is 30.7 Å². The standard InChI is InChI=1S/C34H32N2O3/c37-33(31(25-10-3-1-4-11-25)26-12-5-2-6-13-26)35-20-18-34(19-21-35)23-36(29-16-8-7-15-28(29)34)22-27-14-9-17-30-32(27)39-24-38-30/h1-17,31H,18-24H2. The third kappa shape index (κ3) is 4.22. The molecule has 4 aromatic carbocycles. The van der Waals surface area contributed by atoms with Crippen molar-refractivity contribution in [1.82, 2.24) is 4.90 Å². The summed E-state index contributed by atoms with van der Waals surface area (Å²) in [6.07, 6.45) is 1.91. The third-order valence-corrected chi connectivity index (χ3v) is 8.69. The smallest absolute Gasteiger partial charge is 0.234 e. The van der Waals surface area contributed by atoms with E-state index in [2.05, 4.69) is 64.4 Å². The van der Waals surface area contributed by atoms with Crippen molar-refractivity contribution in [2.24, 2.45) is 0 Å². The summed E-state index contributed by atoms with van der Waals surface area (Å²) in [5.74, 6) is 1.61. The molecule has 1 saturated heterocycles. The Morgan fingerprint density at radius 3 is 2.15 bits per heavy atom. The van der Waals surface area contributed by atoms with Gasteiger partial charge in [0.25, 0.3) is 0 Å². The zero-order valence-corrected chi connectivity index (χ0v) is 22.0. The molecule has 5 nitrogen and oxygen atoms in total. The summed E-state index contributed by atoms with van der Waals surface area (Å²) >= 11 is 0. The summed E-state index contributed by atoms with van der Waals surface area (Å²) in [5.41, 5.74) is 5.99. The van der Waals surface area contributed by atoms with Gasteiger partial charge in [-0.1, -0.05) is 91.0 Å². The fourth-order valence-corrected chi connectivity index (χ4v) is 6.73. The molecular formula is C34H32N2O3. The van der Waals surface area contributed by atoms with Crippen LogP contribution >= 0.6 is 0 Å². The van der Waals surface area contributed by atoms with E-state index in [1.807, 2.05) is 48.5 Å². The molecule has 0 aromatic heterocycles. The van der Waals surface area contributed by atoms with E-state index < -0.39 is 0 Å². The lowest BCUT2D eigenvalue weighted by Gasteiger charge is -2.41. The lowest BCUT2D eigenvalue weighted by molar-refractivity contribution is -0.133. The number of piperidine rings is 1. The summed E-state index contributed by atoms with van der Waals surface area (Å²) in [5, 5.41) is 0. The van der Waals surface area contributed by atoms with E-state index in [1.54, 1.807) is 0 Å². The van der Waals surface area contributed by atoms with Crippen molar-refractivity contribution >= 4 is 11.6 Å². The minimum Gasteiger partial charge on any atom is -0.454 e. The van der Waals surface area contributed by atoms with Crippen LogP contribution < -0.4 is 14.4 Å². The predicted octanol–water partition coefficient (Wildman–Crippen LogP) is 6.13. The first-order chi connectivity index (χ1) is 19.2. The molecule has 0 N–H and O–H groups in total. The van der Waals surface area contributed by atoms with Crippen LogP contribution in [0.15, 0.2) is 103 Å². The Bertz CT molecular complexity index is 1440. The molecule has 39 heavy (non-hydrogen) atoms. The molecule has 7 rings (SSSR count). The van der Waals surface area contributed by atoms with Gasteiger partial charge in [-0.3, -0.25) is 4.79 Å². The molecule has 0 unspecified atom stereocenters. The highest BCUT2D eigenvalue weighted by molar-refractivity contribution is 5.87. The summed E-state index contributed by atoms with van der Waals surface area (Å²) < 4.78 is 11.4. The minimum atomic E-state index is -0.281. The number of amides is 1. The molecule has 0 radical (unpaired) electrons. The Hall–Kier alpha value is -4.25. The van der Waals surface area contributed by atoms with Crippen molar-refractivity contribution in [3.8, 4) is 11.5 Å². The van der Waals surface area contributed by atoms with E-state index in [1.165, 1.54) is 11.3 Å². The summed E-state index contributed by atoms with van der Waals surface area (Å²) in [7, 11) is 0. The largest absolute Gasteiger partial charge is 0.454 e. The van der Waals surface area contributed by atoms with Crippen molar-refractivity contribution in [3.63, 3.8) is 0 Å². The first kappa shape index (κ1) is 23.8. The van der Waals surface area contributed by atoms with Gasteiger partial charge in [-0.15, -0.1) is 0 Å². The number of carbonyl (C=O) groups is 1. The van der Waals surface area contributed by atoms with Gasteiger partial charge >= 0.3 is 0 Å². The number of hydrogen-bond donors (Lipinski definition) is 0. The number of rotatable bonds is 5. The number of anilines is 1. The van der Waals surface area contributed by atoms with Crippen LogP contribution in [0.4, 0.5) is 5.69 Å². The Labute approximate surface area is 229 Å². The molecule has 4 aromatic rings. The number of carbonyl (C=O) groups excluding carboxylic acids is 1. The van der Waals surface area contributed by atoms with E-state index in [4.69, 9.17) is 9.47 Å². The number of ether oxygens (including phenoxy) is 2. The minimum absolute atomic E-state index is 0.0394. The summed E-state index contributed by atoms with van der Waals surface area (Å²) in [6, 6.07) is 35.3. The fraction of sp³-hybridized carbons (Fsp3) is 0.265. The summed E-state index contributed by atoms with van der Waals surface area (Å²) in [6.45, 7) is 3.52. The molecular weight excluding hydrogens is 484 g/mol. The monoisotopic (exact) mass is 516 g/mol. The lowest BCUT2D eigenvalue weighted by atomic mass is 9.74. The first-order valence-corrected chi connectivity index (χ1v) is 13.8. The van der Waals surface area contributed by atoms with Crippen LogP contribution in [-0.4, -0.2) is 37.2 Å². The van der Waals surface area contributed by atoms with Crippen molar-refractivity contribution < 1.29 is 14.3 Å². The van der Waals surface area contributed by atoms with E-state index in [9.17, 15) is 4.79 Å². The molecule has 0 atom stereocenters. The quantitative estimate of drug-likeness (QED) is 0.320. The SMILES string of the molecule is O=C(C(c1ccccc1)c1ccccc1)N1CCC2(CC1)CN(Cc1cccc3c1OCO3)c1ccccc12. The molecule has 1 spiro atoms. The number of nitrogens with zero attached hydrogens (tertiary/aromatic N) is 2. The fourth-order valence-electron chi connectivity index (χ4n) is 6.73. The van der Waals surface area contributed by atoms with Gasteiger partial charge in [0.2, 0.25) is 12.7 Å². The Kier molecular flexibility index (Phi) is 5.99. The number of fused-ring (bicyclic) bond motifs is 3. The highest BCUT2D eigenvalue weighted by Crippen LogP contribution is 2.48. The van der Waals surface area contributed by atoms with Gasteiger partial charge < -0.3 is 19.3 Å². The zero-order valence-electron chi connectivity index (χ0n) is 22.0. The van der Waals surface area contributed by atoms with Gasteiger partial charge in [0, 0.05) is 42.8 Å². The van der Waals surface area contributed by atoms with Crippen molar-refractivity contribution in [1.29, 1.82) is 0 Å². The Morgan fingerprint density at radius 1 is 0.769 bits per heavy atom. The van der Waals surface area contributed by atoms with Gasteiger partial charge in [-0.25, -0.2) is 0 Å². The van der Waals surface area contributed by atoms with Crippen LogP contribution in [-0.2, 0) is 16.8 Å². The zero-order chi connectivity index (χ0) is 26.2. The van der Waals surface area contributed by atoms with Crippen LogP contribution in [0.2, 0.25) is 0 Å². The summed E-state index contributed by atoms with van der Waals surface area (Å²) in [4.78, 5) is 18.6. The average molecular weight is 517 g/mol. The van der Waals surface area contributed by atoms with E-state index >= 15 is 0 Å². The second kappa shape index (κ2) is 9.81. The number of hydrogen-bond acceptors (Lipinski definition) is 4. The molecule has 196 valence electrons. The second-order valence-corrected chi connectivity index (χ2v) is 10.9. The third-order valence-electron chi connectivity index (χ3n) is 8.69. The topological polar surface area (TPSA) is 42.0 Å². The second-order valence-electron chi connectivity index (χ2n) is 10.9. The molecule has 0 saturated carbocycles. The Morgan fingerprint density at radius 2 is 1.44 bits per heavy atom. The number of benzene rings is 4. The molecule has 3 aliphatic heterocycles. The lowest BCUT2D eigenvalue weighted by Crippen LogP contribution is -2.48. The van der Waals surface area contributed by atoms with Crippen LogP contribution in [0.1, 0.15) is 41.0 Å². The maximum atomic E-state index is 14.1. The molecule has 5 heteroatoms. The van der Waals surface area contributed by atoms with Gasteiger partial charge in [-0.2, -0.15) is 0 Å². The molecule has 3 heterocycles. The van der Waals surface area contributed by atoms with Gasteiger partial charge in [-0.05, 0) is 41.7 Å². The number of likely N-dealkylation sites (tertiary alicyclic amines) is 1. The van der Waals surface area contributed by atoms with Crippen LogP contribution in [0.3, 0.4) is 0 Å². The van der Waals surface area contributed by atoms with Crippen LogP contribution in [0.25, 0.3) is 0 Å². The van der Waals surface area contributed by atoms with Crippen molar-refractivity contribution in [3.05, 3.63) is 125 Å². The van der Waals surface area contributed by atoms with Crippen LogP contribution in [0, 0.1) is 0 Å². The average Bonchev–Trinajstić information content (AvgIpc) is 3.59. The number of para-hydroxylation sites is 2. The molecule has 1 fully saturated rings. The van der Waals surface area contributed by atoms with Crippen LogP contribution in [0.5, 0.6) is 11.5 Å². The maximum absolute atomic E-state index is 14.1. The van der Waals surface area contributed by atoms with Gasteiger partial charge in [0.05, 0.1) is 5.92 Å². The first-order valence-electron chi connectivity index (χ1n) is 13.8. The maximum Gasteiger partial charge on any atom is 0.234 e. The van der Waals surface area contributed by atoms with Gasteiger partial charge in [0.1, 0.15) is 0 Å². The van der Waals surface area contributed by atoms with E-state index in [-0.39, 0.29) is 24.0 Å². The van der Waals surface area contributed by atoms with E-state index in [0.717, 1.165) is 67.2 Å². The van der Waals surface area contributed by atoms with E-state index in [0.29, 0.717) is 0 Å². The van der Waals surface area contributed by atoms with Gasteiger partial charge in [0.15, 0.2) is 11.5 Å². The highest BCUT2D eigenvalue weighted by atomic mass is 16.7. The molecule has 1 amide bonds. The van der Waals surface area contributed by atoms with Crippen molar-refractivity contribution in [2.75, 3.05) is 31.3 Å². The molecule has 0 aliphatic carbocycles. The molecule has 3 aliphatic rings. The highest BCUT2D eigenvalue weighted by Gasteiger charge is 2.46. The Balaban J connectivity index is 1.13. The predicted molar refractivity (Wildman–Crippen MR) is 152 cm³/mol. The normalized spacial score (nSPS) is 17.1. The molecule has 0 bridgehead atoms.